The summed E-state index contributed by atoms with van der Waals surface area (Å²) in [6.45, 7) is 9.02. The van der Waals surface area contributed by atoms with Crippen LogP contribution in [0.4, 0.5) is 10.2 Å². The lowest BCUT2D eigenvalue weighted by Crippen LogP contribution is -2.61. The lowest BCUT2D eigenvalue weighted by atomic mass is 9.72. The highest BCUT2D eigenvalue weighted by molar-refractivity contribution is 5.97. The van der Waals surface area contributed by atoms with Gasteiger partial charge in [-0.3, -0.25) is 9.59 Å². The van der Waals surface area contributed by atoms with Gasteiger partial charge in [0.25, 0.3) is 11.8 Å². The number of ether oxygens (including phenoxy) is 1. The Morgan fingerprint density at radius 1 is 1.12 bits per heavy atom. The van der Waals surface area contributed by atoms with Gasteiger partial charge >= 0.3 is 0 Å². The van der Waals surface area contributed by atoms with Gasteiger partial charge in [0.2, 0.25) is 0 Å². The highest BCUT2D eigenvalue weighted by atomic mass is 19.1. The van der Waals surface area contributed by atoms with E-state index in [4.69, 9.17) is 10.00 Å². The summed E-state index contributed by atoms with van der Waals surface area (Å²) in [6.07, 6.45) is 4.75. The summed E-state index contributed by atoms with van der Waals surface area (Å²) in [4.78, 5) is 40.5. The zero-order chi connectivity index (χ0) is 29.1. The molecule has 0 atom stereocenters. The molecule has 3 heterocycles. The Labute approximate surface area is 239 Å². The van der Waals surface area contributed by atoms with Crippen LogP contribution in [-0.4, -0.2) is 70.3 Å². The topological polar surface area (TPSA) is 103 Å². The SMILES string of the molecule is CCN(C(=O)c1cc(F)ccc1Oc1cncnc1N1CC2(CCN(C(=O)c3ccc(C#N)cc3)CC2)C1)C(C)C. The molecule has 0 N–H and O–H groups in total. The third-order valence-electron chi connectivity index (χ3n) is 8.00. The molecule has 2 fully saturated rings. The molecular formula is C31H33FN6O3. The molecule has 10 heteroatoms. The summed E-state index contributed by atoms with van der Waals surface area (Å²) in [6, 6.07) is 12.7. The smallest absolute Gasteiger partial charge is 0.257 e. The van der Waals surface area contributed by atoms with Crippen LogP contribution in [0.25, 0.3) is 0 Å². The lowest BCUT2D eigenvalue weighted by molar-refractivity contribution is 0.0500. The highest BCUT2D eigenvalue weighted by Gasteiger charge is 2.46. The van der Waals surface area contributed by atoms with Crippen LogP contribution in [0.15, 0.2) is 55.0 Å². The van der Waals surface area contributed by atoms with E-state index in [1.165, 1.54) is 24.5 Å². The highest BCUT2D eigenvalue weighted by Crippen LogP contribution is 2.45. The zero-order valence-corrected chi connectivity index (χ0v) is 23.5. The number of amides is 2. The number of rotatable bonds is 7. The average molecular weight is 557 g/mol. The largest absolute Gasteiger partial charge is 0.451 e. The van der Waals surface area contributed by atoms with E-state index in [1.807, 2.05) is 25.7 Å². The van der Waals surface area contributed by atoms with E-state index < -0.39 is 5.82 Å². The first-order valence-corrected chi connectivity index (χ1v) is 13.9. The third kappa shape index (κ3) is 5.71. The standard InChI is InChI=1S/C31H33FN6O3/c1-4-38(21(2)3)30(40)25-15-24(32)9-10-26(25)41-27-17-34-20-35-28(27)37-18-31(19-37)11-13-36(14-12-31)29(39)23-7-5-22(16-33)6-8-23/h5-10,15,17,20-21H,4,11-14,18-19H2,1-3H3. The van der Waals surface area contributed by atoms with Crippen molar-refractivity contribution in [3.05, 3.63) is 77.5 Å². The summed E-state index contributed by atoms with van der Waals surface area (Å²) in [5.41, 5.74) is 1.34. The van der Waals surface area contributed by atoms with Crippen molar-refractivity contribution in [3.8, 4) is 17.6 Å². The number of nitrogens with zero attached hydrogens (tertiary/aromatic N) is 6. The van der Waals surface area contributed by atoms with Gasteiger partial charge in [-0.1, -0.05) is 0 Å². The van der Waals surface area contributed by atoms with Gasteiger partial charge in [-0.2, -0.15) is 5.26 Å². The molecule has 0 radical (unpaired) electrons. The van der Waals surface area contributed by atoms with Gasteiger partial charge in [0.05, 0.1) is 23.4 Å². The quantitative estimate of drug-likeness (QED) is 0.408. The molecule has 0 aliphatic carbocycles. The Bertz CT molecular complexity index is 1470. The fourth-order valence-electron chi connectivity index (χ4n) is 5.68. The predicted octanol–water partition coefficient (Wildman–Crippen LogP) is 4.89. The van der Waals surface area contributed by atoms with E-state index in [9.17, 15) is 14.0 Å². The number of anilines is 1. The lowest BCUT2D eigenvalue weighted by Gasteiger charge is -2.54. The Balaban J connectivity index is 1.26. The van der Waals surface area contributed by atoms with Crippen LogP contribution < -0.4 is 9.64 Å². The molecule has 0 bridgehead atoms. The maximum atomic E-state index is 14.2. The number of hydrogen-bond donors (Lipinski definition) is 0. The molecule has 2 aliphatic rings. The number of carbonyl (C=O) groups excluding carboxylic acids is 2. The minimum atomic E-state index is -0.515. The van der Waals surface area contributed by atoms with Crippen molar-refractivity contribution in [2.75, 3.05) is 37.6 Å². The fourth-order valence-corrected chi connectivity index (χ4v) is 5.68. The van der Waals surface area contributed by atoms with Gasteiger partial charge < -0.3 is 19.4 Å². The molecule has 2 aromatic carbocycles. The Kier molecular flexibility index (Phi) is 7.88. The number of piperidine rings is 1. The van der Waals surface area contributed by atoms with E-state index in [0.29, 0.717) is 42.3 Å². The van der Waals surface area contributed by atoms with Crippen LogP contribution in [0.5, 0.6) is 11.5 Å². The van der Waals surface area contributed by atoms with Crippen LogP contribution in [0.1, 0.15) is 59.9 Å². The molecule has 41 heavy (non-hydrogen) atoms. The number of halogens is 1. The van der Waals surface area contributed by atoms with Crippen LogP contribution in [0.2, 0.25) is 0 Å². The average Bonchev–Trinajstić information content (AvgIpc) is 2.97. The first-order valence-electron chi connectivity index (χ1n) is 13.9. The summed E-state index contributed by atoms with van der Waals surface area (Å²) >= 11 is 0. The predicted molar refractivity (Wildman–Crippen MR) is 151 cm³/mol. The molecule has 2 saturated heterocycles. The van der Waals surface area contributed by atoms with Crippen molar-refractivity contribution < 1.29 is 18.7 Å². The summed E-state index contributed by atoms with van der Waals surface area (Å²) < 4.78 is 20.4. The summed E-state index contributed by atoms with van der Waals surface area (Å²) in [5, 5.41) is 9.00. The maximum Gasteiger partial charge on any atom is 0.257 e. The number of benzene rings is 2. The van der Waals surface area contributed by atoms with E-state index in [2.05, 4.69) is 20.9 Å². The minimum Gasteiger partial charge on any atom is -0.451 e. The van der Waals surface area contributed by atoms with Crippen molar-refractivity contribution in [1.82, 2.24) is 19.8 Å². The molecule has 5 rings (SSSR count). The molecule has 9 nitrogen and oxygen atoms in total. The molecule has 1 spiro atoms. The fraction of sp³-hybridized carbons (Fsp3) is 0.387. The molecule has 2 amide bonds. The van der Waals surface area contributed by atoms with E-state index >= 15 is 0 Å². The van der Waals surface area contributed by atoms with Crippen molar-refractivity contribution in [2.24, 2.45) is 5.41 Å². The molecular weight excluding hydrogens is 523 g/mol. The number of carbonyl (C=O) groups is 2. The molecule has 3 aromatic rings. The van der Waals surface area contributed by atoms with Gasteiger partial charge in [-0.05, 0) is 76.1 Å². The van der Waals surface area contributed by atoms with Crippen LogP contribution in [0, 0.1) is 22.6 Å². The number of likely N-dealkylation sites (tertiary alicyclic amines) is 1. The molecule has 2 aliphatic heterocycles. The number of hydrogen-bond acceptors (Lipinski definition) is 7. The number of aromatic nitrogens is 2. The summed E-state index contributed by atoms with van der Waals surface area (Å²) in [5.74, 6) is 0.413. The summed E-state index contributed by atoms with van der Waals surface area (Å²) in [7, 11) is 0. The van der Waals surface area contributed by atoms with Crippen LogP contribution in [0.3, 0.4) is 0 Å². The van der Waals surface area contributed by atoms with Gasteiger partial charge in [-0.25, -0.2) is 14.4 Å². The zero-order valence-electron chi connectivity index (χ0n) is 23.5. The van der Waals surface area contributed by atoms with E-state index in [-0.39, 0.29) is 34.6 Å². The van der Waals surface area contributed by atoms with E-state index in [0.717, 1.165) is 25.9 Å². The monoisotopic (exact) mass is 556 g/mol. The van der Waals surface area contributed by atoms with Crippen LogP contribution >= 0.6 is 0 Å². The number of nitriles is 1. The molecule has 1 aromatic heterocycles. The first-order chi connectivity index (χ1) is 19.7. The van der Waals surface area contributed by atoms with E-state index in [1.54, 1.807) is 35.4 Å². The maximum absolute atomic E-state index is 14.2. The minimum absolute atomic E-state index is 0.0178. The Morgan fingerprint density at radius 3 is 2.46 bits per heavy atom. The Morgan fingerprint density at radius 2 is 1.83 bits per heavy atom. The van der Waals surface area contributed by atoms with Crippen LogP contribution in [-0.2, 0) is 0 Å². The second-order valence-corrected chi connectivity index (χ2v) is 11.0. The van der Waals surface area contributed by atoms with Gasteiger partial charge in [0.1, 0.15) is 17.9 Å². The second kappa shape index (κ2) is 11.5. The van der Waals surface area contributed by atoms with Gasteiger partial charge in [-0.15, -0.1) is 0 Å². The molecule has 0 unspecified atom stereocenters. The third-order valence-corrected chi connectivity index (χ3v) is 8.00. The molecule has 212 valence electrons. The van der Waals surface area contributed by atoms with Crippen molar-refractivity contribution in [1.29, 1.82) is 5.26 Å². The van der Waals surface area contributed by atoms with Gasteiger partial charge in [0, 0.05) is 49.7 Å². The van der Waals surface area contributed by atoms with Gasteiger partial charge in [0.15, 0.2) is 11.6 Å². The first kappa shape index (κ1) is 28.0. The Hall–Kier alpha value is -4.52. The normalized spacial score (nSPS) is 15.8. The van der Waals surface area contributed by atoms with Crippen molar-refractivity contribution >= 4 is 17.6 Å². The van der Waals surface area contributed by atoms with Crippen molar-refractivity contribution in [3.63, 3.8) is 0 Å². The van der Waals surface area contributed by atoms with Crippen molar-refractivity contribution in [2.45, 2.75) is 39.7 Å². The second-order valence-electron chi connectivity index (χ2n) is 11.0. The molecule has 0 saturated carbocycles.